The summed E-state index contributed by atoms with van der Waals surface area (Å²) in [5.41, 5.74) is 1.98. The normalized spacial score (nSPS) is 10.9. The molecule has 2 aromatic carbocycles. The maximum Gasteiger partial charge on any atom is 0.302 e. The maximum absolute atomic E-state index is 11.1. The van der Waals surface area contributed by atoms with E-state index in [0.29, 0.717) is 34.5 Å². The minimum absolute atomic E-state index is 0.0516. The van der Waals surface area contributed by atoms with Crippen molar-refractivity contribution in [2.45, 2.75) is 13.8 Å². The molecule has 200 valence electrons. The lowest BCUT2D eigenvalue weighted by Gasteiger charge is -2.24. The Hall–Kier alpha value is -5.03. The van der Waals surface area contributed by atoms with Gasteiger partial charge in [-0.3, -0.25) is 19.7 Å². The zero-order valence-electron chi connectivity index (χ0n) is 21.0. The molecule has 0 amide bonds. The Balaban J connectivity index is 1.69. The number of carbonyl (C=O) groups excluding carboxylic acids is 2. The molecule has 0 atom stereocenters. The number of nitro benzene ring substituents is 1. The summed E-state index contributed by atoms with van der Waals surface area (Å²) in [5, 5.41) is 37.5. The van der Waals surface area contributed by atoms with Gasteiger partial charge in [0.15, 0.2) is 5.00 Å². The number of nitriles is 1. The Kier molecular flexibility index (Phi) is 10.3. The fraction of sp³-hybridized carbons (Fsp3) is 0.240. The van der Waals surface area contributed by atoms with Gasteiger partial charge in [0.25, 0.3) is 5.69 Å². The molecular formula is C25H23N7O6S. The van der Waals surface area contributed by atoms with Gasteiger partial charge in [-0.05, 0) is 42.5 Å². The third kappa shape index (κ3) is 9.09. The fourth-order valence-electron chi connectivity index (χ4n) is 3.12. The molecule has 3 aromatic rings. The smallest absolute Gasteiger partial charge is 0.302 e. The molecule has 0 N–H and O–H groups in total. The van der Waals surface area contributed by atoms with Crippen LogP contribution in [0.1, 0.15) is 19.4 Å². The number of hydrogen-bond acceptors (Lipinski definition) is 13. The zero-order chi connectivity index (χ0) is 28.2. The van der Waals surface area contributed by atoms with E-state index in [4.69, 9.17) is 9.47 Å². The number of ether oxygens (including phenoxy) is 2. The monoisotopic (exact) mass is 549 g/mol. The first-order valence-electron chi connectivity index (χ1n) is 11.5. The van der Waals surface area contributed by atoms with Crippen LogP contribution in [0.4, 0.5) is 32.8 Å². The quantitative estimate of drug-likeness (QED) is 0.110. The molecule has 0 aliphatic heterocycles. The number of nitrogens with zero attached hydrogens (tertiary/aromatic N) is 7. The number of thiophene rings is 1. The maximum atomic E-state index is 11.1. The first-order chi connectivity index (χ1) is 18.7. The number of hydrogen-bond donors (Lipinski definition) is 0. The van der Waals surface area contributed by atoms with Gasteiger partial charge in [0.1, 0.15) is 24.3 Å². The molecular weight excluding hydrogens is 526 g/mol. The van der Waals surface area contributed by atoms with Gasteiger partial charge in [0.05, 0.1) is 35.0 Å². The molecule has 0 bridgehead atoms. The Labute approximate surface area is 227 Å². The summed E-state index contributed by atoms with van der Waals surface area (Å²) in [5.74, 6) is -0.765. The van der Waals surface area contributed by atoms with E-state index in [1.54, 1.807) is 24.3 Å². The van der Waals surface area contributed by atoms with E-state index in [-0.39, 0.29) is 36.4 Å². The summed E-state index contributed by atoms with van der Waals surface area (Å²) in [4.78, 5) is 34.4. The number of nitro groups is 1. The number of azo groups is 2. The third-order valence-electron chi connectivity index (χ3n) is 4.95. The molecule has 0 fully saturated rings. The van der Waals surface area contributed by atoms with Crippen LogP contribution in [0.3, 0.4) is 0 Å². The highest BCUT2D eigenvalue weighted by Gasteiger charge is 2.11. The van der Waals surface area contributed by atoms with Crippen molar-refractivity contribution in [3.63, 3.8) is 0 Å². The van der Waals surface area contributed by atoms with E-state index in [1.807, 2.05) is 4.90 Å². The highest BCUT2D eigenvalue weighted by atomic mass is 32.1. The van der Waals surface area contributed by atoms with E-state index >= 15 is 0 Å². The Bertz CT molecular complexity index is 1390. The first kappa shape index (κ1) is 28.5. The van der Waals surface area contributed by atoms with Gasteiger partial charge < -0.3 is 14.4 Å². The van der Waals surface area contributed by atoms with Crippen molar-refractivity contribution in [2.75, 3.05) is 31.2 Å². The van der Waals surface area contributed by atoms with Crippen molar-refractivity contribution in [2.24, 2.45) is 20.5 Å². The lowest BCUT2D eigenvalue weighted by Crippen LogP contribution is -2.31. The van der Waals surface area contributed by atoms with Crippen LogP contribution < -0.4 is 4.90 Å². The molecule has 0 aliphatic carbocycles. The SMILES string of the molecule is CC(=O)OCCN(CCOC(C)=O)c1ccc(N=Nc2sc(N=Nc3ccc([N+](=O)[O-])cc3)cc2C#N)cc1. The van der Waals surface area contributed by atoms with E-state index in [2.05, 4.69) is 26.5 Å². The van der Waals surface area contributed by atoms with E-state index < -0.39 is 4.92 Å². The molecule has 13 nitrogen and oxygen atoms in total. The van der Waals surface area contributed by atoms with Gasteiger partial charge in [-0.15, -0.1) is 20.5 Å². The van der Waals surface area contributed by atoms with Crippen molar-refractivity contribution in [1.82, 2.24) is 0 Å². The highest BCUT2D eigenvalue weighted by molar-refractivity contribution is 7.19. The molecule has 0 spiro atoms. The average molecular weight is 550 g/mol. The second-order valence-corrected chi connectivity index (χ2v) is 8.78. The predicted octanol–water partition coefficient (Wildman–Crippen LogP) is 6.29. The molecule has 0 unspecified atom stereocenters. The fourth-order valence-corrected chi connectivity index (χ4v) is 3.88. The van der Waals surface area contributed by atoms with Crippen LogP contribution >= 0.6 is 11.3 Å². The third-order valence-corrected chi connectivity index (χ3v) is 5.85. The van der Waals surface area contributed by atoms with Crippen LogP contribution in [0.25, 0.3) is 0 Å². The number of anilines is 1. The first-order valence-corrected chi connectivity index (χ1v) is 12.3. The van der Waals surface area contributed by atoms with Crippen molar-refractivity contribution < 1.29 is 24.0 Å². The molecule has 0 saturated carbocycles. The lowest BCUT2D eigenvalue weighted by atomic mass is 10.2. The summed E-state index contributed by atoms with van der Waals surface area (Å²) in [6, 6.07) is 16.3. The molecule has 0 radical (unpaired) electrons. The molecule has 0 saturated heterocycles. The summed E-state index contributed by atoms with van der Waals surface area (Å²) in [7, 11) is 0. The lowest BCUT2D eigenvalue weighted by molar-refractivity contribution is -0.384. The molecule has 1 heterocycles. The highest BCUT2D eigenvalue weighted by Crippen LogP contribution is 2.38. The topological polar surface area (TPSA) is 172 Å². The average Bonchev–Trinajstić information content (AvgIpc) is 3.32. The minimum atomic E-state index is -0.502. The van der Waals surface area contributed by atoms with Crippen LogP contribution in [-0.4, -0.2) is 43.2 Å². The number of esters is 2. The summed E-state index contributed by atoms with van der Waals surface area (Å²) >= 11 is 1.12. The molecule has 39 heavy (non-hydrogen) atoms. The van der Waals surface area contributed by atoms with E-state index in [9.17, 15) is 25.0 Å². The van der Waals surface area contributed by atoms with Crippen LogP contribution in [-0.2, 0) is 19.1 Å². The van der Waals surface area contributed by atoms with Gasteiger partial charge >= 0.3 is 11.9 Å². The van der Waals surface area contributed by atoms with Gasteiger partial charge in [0.2, 0.25) is 0 Å². The van der Waals surface area contributed by atoms with Gasteiger partial charge in [0, 0.05) is 31.7 Å². The Morgan fingerprint density at radius 2 is 1.46 bits per heavy atom. The number of carbonyl (C=O) groups is 2. The van der Waals surface area contributed by atoms with Crippen molar-refractivity contribution >= 4 is 56.0 Å². The Morgan fingerprint density at radius 1 is 0.923 bits per heavy atom. The zero-order valence-corrected chi connectivity index (χ0v) is 21.8. The molecule has 3 rings (SSSR count). The van der Waals surface area contributed by atoms with Crippen LogP contribution in [0.2, 0.25) is 0 Å². The van der Waals surface area contributed by atoms with E-state index in [1.165, 1.54) is 44.2 Å². The Morgan fingerprint density at radius 3 is 1.97 bits per heavy atom. The molecule has 0 aliphatic rings. The second-order valence-electron chi connectivity index (χ2n) is 7.77. The van der Waals surface area contributed by atoms with Crippen LogP contribution in [0.5, 0.6) is 0 Å². The number of rotatable bonds is 12. The van der Waals surface area contributed by atoms with Gasteiger partial charge in [-0.2, -0.15) is 5.26 Å². The van der Waals surface area contributed by atoms with Crippen LogP contribution in [0, 0.1) is 21.4 Å². The van der Waals surface area contributed by atoms with Crippen LogP contribution in [0.15, 0.2) is 75.1 Å². The van der Waals surface area contributed by atoms with Crippen molar-refractivity contribution in [3.8, 4) is 6.07 Å². The van der Waals surface area contributed by atoms with Crippen molar-refractivity contribution in [3.05, 3.63) is 70.3 Å². The minimum Gasteiger partial charge on any atom is -0.464 e. The number of benzene rings is 2. The summed E-state index contributed by atoms with van der Waals surface area (Å²) in [6.45, 7) is 3.82. The van der Waals surface area contributed by atoms with Gasteiger partial charge in [-0.1, -0.05) is 11.3 Å². The number of non-ortho nitro benzene ring substituents is 1. The molecule has 1 aromatic heterocycles. The second kappa shape index (κ2) is 14.1. The standard InChI is InChI=1S/C25H23N7O6S/c1-17(33)37-13-11-31(12-14-38-18(2)34)22-7-3-21(4-8-22)28-30-25-19(16-26)15-24(39-25)29-27-20-5-9-23(10-6-20)32(35)36/h3-10,15H,11-14H2,1-2H3. The van der Waals surface area contributed by atoms with E-state index in [0.717, 1.165) is 17.0 Å². The predicted molar refractivity (Wildman–Crippen MR) is 142 cm³/mol. The summed E-state index contributed by atoms with van der Waals surface area (Å²) < 4.78 is 10.1. The molecule has 14 heteroatoms. The van der Waals surface area contributed by atoms with Crippen molar-refractivity contribution in [1.29, 1.82) is 5.26 Å². The van der Waals surface area contributed by atoms with Gasteiger partial charge in [-0.25, -0.2) is 0 Å². The largest absolute Gasteiger partial charge is 0.464 e. The summed E-state index contributed by atoms with van der Waals surface area (Å²) in [6.07, 6.45) is 0.